The van der Waals surface area contributed by atoms with Crippen molar-refractivity contribution in [1.82, 2.24) is 10.2 Å². The SMILES string of the molecule is CC(C)CNC(=O)[C@@H](C)N(Cc1ccc(F)cc1)C(=O)CN(c1ccc(I)cc1)S(=O)(=O)c1ccccc1. The van der Waals surface area contributed by atoms with Crippen molar-refractivity contribution in [2.75, 3.05) is 17.4 Å². The van der Waals surface area contributed by atoms with Gasteiger partial charge in [-0.2, -0.15) is 0 Å². The molecule has 0 aromatic heterocycles. The van der Waals surface area contributed by atoms with Gasteiger partial charge in [-0.1, -0.05) is 44.2 Å². The molecule has 1 N–H and O–H groups in total. The summed E-state index contributed by atoms with van der Waals surface area (Å²) in [5.74, 6) is -1.14. The van der Waals surface area contributed by atoms with Crippen LogP contribution >= 0.6 is 22.6 Å². The third kappa shape index (κ3) is 7.76. The second kappa shape index (κ2) is 13.2. The number of anilines is 1. The van der Waals surface area contributed by atoms with Crippen LogP contribution in [0.5, 0.6) is 0 Å². The zero-order valence-corrected chi connectivity index (χ0v) is 24.4. The van der Waals surface area contributed by atoms with Crippen LogP contribution in [0.3, 0.4) is 0 Å². The first kappa shape index (κ1) is 29.6. The van der Waals surface area contributed by atoms with E-state index in [1.54, 1.807) is 49.4 Å². The highest BCUT2D eigenvalue weighted by atomic mass is 127. The molecule has 3 aromatic carbocycles. The van der Waals surface area contributed by atoms with E-state index in [0.717, 1.165) is 7.88 Å². The molecule has 1 atom stereocenters. The zero-order valence-electron chi connectivity index (χ0n) is 21.5. The predicted molar refractivity (Wildman–Crippen MR) is 154 cm³/mol. The number of nitrogens with one attached hydrogen (secondary N) is 1. The van der Waals surface area contributed by atoms with Gasteiger partial charge in [0.1, 0.15) is 18.4 Å². The number of amides is 2. The minimum absolute atomic E-state index is 0.00128. The Morgan fingerprint density at radius 3 is 2.11 bits per heavy atom. The lowest BCUT2D eigenvalue weighted by Gasteiger charge is -2.32. The molecule has 38 heavy (non-hydrogen) atoms. The van der Waals surface area contributed by atoms with Gasteiger partial charge in [0.25, 0.3) is 10.0 Å². The van der Waals surface area contributed by atoms with E-state index in [9.17, 15) is 22.4 Å². The Morgan fingerprint density at radius 2 is 1.53 bits per heavy atom. The van der Waals surface area contributed by atoms with Gasteiger partial charge in [-0.05, 0) is 89.5 Å². The molecule has 202 valence electrons. The minimum Gasteiger partial charge on any atom is -0.354 e. The van der Waals surface area contributed by atoms with Crippen LogP contribution in [0.15, 0.2) is 83.8 Å². The van der Waals surface area contributed by atoms with Crippen molar-refractivity contribution in [2.45, 2.75) is 38.3 Å². The molecular formula is C28H31FIN3O4S. The first-order valence-corrected chi connectivity index (χ1v) is 14.7. The third-order valence-electron chi connectivity index (χ3n) is 5.84. The first-order chi connectivity index (χ1) is 18.0. The number of sulfonamides is 1. The van der Waals surface area contributed by atoms with Gasteiger partial charge in [-0.25, -0.2) is 12.8 Å². The summed E-state index contributed by atoms with van der Waals surface area (Å²) < 4.78 is 42.8. The fourth-order valence-electron chi connectivity index (χ4n) is 3.68. The van der Waals surface area contributed by atoms with Crippen molar-refractivity contribution < 1.29 is 22.4 Å². The summed E-state index contributed by atoms with van der Waals surface area (Å²) in [6, 6.07) is 19.4. The zero-order chi connectivity index (χ0) is 27.9. The summed E-state index contributed by atoms with van der Waals surface area (Å²) in [6.45, 7) is 5.42. The summed E-state index contributed by atoms with van der Waals surface area (Å²) in [5, 5.41) is 2.83. The molecule has 0 bridgehead atoms. The Bertz CT molecular complexity index is 1330. The molecule has 0 radical (unpaired) electrons. The standard InChI is InChI=1S/C28H31FIN3O4S/c1-20(2)17-31-28(35)21(3)32(18-22-9-11-23(29)12-10-22)27(34)19-33(25-15-13-24(30)14-16-25)38(36,37)26-7-5-4-6-8-26/h4-16,20-21H,17-19H2,1-3H3,(H,31,35)/t21-/m1/s1. The Morgan fingerprint density at radius 1 is 0.921 bits per heavy atom. The fourth-order valence-corrected chi connectivity index (χ4v) is 5.47. The average molecular weight is 652 g/mol. The molecule has 0 aliphatic carbocycles. The van der Waals surface area contributed by atoms with E-state index in [-0.39, 0.29) is 23.3 Å². The maximum Gasteiger partial charge on any atom is 0.264 e. The molecule has 0 unspecified atom stereocenters. The molecule has 0 fully saturated rings. The molecule has 2 amide bonds. The predicted octanol–water partition coefficient (Wildman–Crippen LogP) is 4.82. The molecule has 0 spiro atoms. The first-order valence-electron chi connectivity index (χ1n) is 12.1. The molecule has 7 nitrogen and oxygen atoms in total. The number of carbonyl (C=O) groups excluding carboxylic acids is 2. The molecule has 10 heteroatoms. The lowest BCUT2D eigenvalue weighted by Crippen LogP contribution is -2.51. The van der Waals surface area contributed by atoms with Gasteiger partial charge in [0.05, 0.1) is 10.6 Å². The number of hydrogen-bond donors (Lipinski definition) is 1. The van der Waals surface area contributed by atoms with Gasteiger partial charge in [0, 0.05) is 16.7 Å². The lowest BCUT2D eigenvalue weighted by atomic mass is 10.1. The van der Waals surface area contributed by atoms with E-state index in [1.807, 2.05) is 13.8 Å². The summed E-state index contributed by atoms with van der Waals surface area (Å²) in [5.41, 5.74) is 0.927. The number of halogens is 2. The van der Waals surface area contributed by atoms with Gasteiger partial charge in [-0.15, -0.1) is 0 Å². The molecule has 3 aromatic rings. The summed E-state index contributed by atoms with van der Waals surface area (Å²) in [4.78, 5) is 28.1. The highest BCUT2D eigenvalue weighted by molar-refractivity contribution is 14.1. The van der Waals surface area contributed by atoms with E-state index in [4.69, 9.17) is 0 Å². The Labute approximate surface area is 237 Å². The van der Waals surface area contributed by atoms with Gasteiger partial charge in [0.2, 0.25) is 11.8 Å². The van der Waals surface area contributed by atoms with Crippen LogP contribution in [0.1, 0.15) is 26.3 Å². The summed E-state index contributed by atoms with van der Waals surface area (Å²) in [6.07, 6.45) is 0. The van der Waals surface area contributed by atoms with E-state index in [0.29, 0.717) is 17.8 Å². The van der Waals surface area contributed by atoms with E-state index >= 15 is 0 Å². The molecule has 3 rings (SSSR count). The van der Waals surface area contributed by atoms with Crippen LogP contribution in [0.25, 0.3) is 0 Å². The summed E-state index contributed by atoms with van der Waals surface area (Å²) >= 11 is 2.12. The smallest absolute Gasteiger partial charge is 0.264 e. The highest BCUT2D eigenvalue weighted by Crippen LogP contribution is 2.25. The van der Waals surface area contributed by atoms with Gasteiger partial charge >= 0.3 is 0 Å². The van der Waals surface area contributed by atoms with Crippen LogP contribution in [0, 0.1) is 15.3 Å². The topological polar surface area (TPSA) is 86.8 Å². The van der Waals surface area contributed by atoms with Crippen molar-refractivity contribution in [3.05, 3.63) is 93.8 Å². The molecule has 0 aliphatic heterocycles. The van der Waals surface area contributed by atoms with Crippen LogP contribution in [-0.4, -0.2) is 44.3 Å². The highest BCUT2D eigenvalue weighted by Gasteiger charge is 2.32. The molecule has 0 saturated heterocycles. The summed E-state index contributed by atoms with van der Waals surface area (Å²) in [7, 11) is -4.11. The van der Waals surface area contributed by atoms with Crippen LogP contribution in [0.2, 0.25) is 0 Å². The third-order valence-corrected chi connectivity index (χ3v) is 8.35. The largest absolute Gasteiger partial charge is 0.354 e. The maximum atomic E-state index is 13.8. The van der Waals surface area contributed by atoms with Crippen LogP contribution in [-0.2, 0) is 26.2 Å². The fraction of sp³-hybridized carbons (Fsp3) is 0.286. The van der Waals surface area contributed by atoms with Crippen molar-refractivity contribution in [1.29, 1.82) is 0 Å². The monoisotopic (exact) mass is 651 g/mol. The van der Waals surface area contributed by atoms with Crippen molar-refractivity contribution in [3.8, 4) is 0 Å². The van der Waals surface area contributed by atoms with Gasteiger partial charge < -0.3 is 10.2 Å². The molecular weight excluding hydrogens is 620 g/mol. The number of hydrogen-bond acceptors (Lipinski definition) is 4. The van der Waals surface area contributed by atoms with E-state index in [1.165, 1.54) is 41.3 Å². The van der Waals surface area contributed by atoms with Gasteiger partial charge in [0.15, 0.2) is 0 Å². The Hall–Kier alpha value is -2.99. The molecule has 0 saturated carbocycles. The number of nitrogens with zero attached hydrogens (tertiary/aromatic N) is 2. The normalized spacial score (nSPS) is 12.2. The number of rotatable bonds is 11. The molecule has 0 heterocycles. The van der Waals surface area contributed by atoms with Crippen molar-refractivity contribution in [3.63, 3.8) is 0 Å². The maximum absolute atomic E-state index is 13.8. The lowest BCUT2D eigenvalue weighted by molar-refractivity contribution is -0.139. The second-order valence-corrected chi connectivity index (χ2v) is 12.4. The van der Waals surface area contributed by atoms with Crippen molar-refractivity contribution in [2.24, 2.45) is 5.92 Å². The van der Waals surface area contributed by atoms with Gasteiger partial charge in [-0.3, -0.25) is 13.9 Å². The Kier molecular flexibility index (Phi) is 10.3. The molecule has 0 aliphatic rings. The van der Waals surface area contributed by atoms with Crippen LogP contribution in [0.4, 0.5) is 10.1 Å². The average Bonchev–Trinajstić information content (AvgIpc) is 2.90. The van der Waals surface area contributed by atoms with E-state index < -0.39 is 34.3 Å². The van der Waals surface area contributed by atoms with E-state index in [2.05, 4.69) is 27.9 Å². The Balaban J connectivity index is 1.98. The number of benzene rings is 3. The number of carbonyl (C=O) groups is 2. The quantitative estimate of drug-likeness (QED) is 0.302. The van der Waals surface area contributed by atoms with Crippen molar-refractivity contribution >= 4 is 50.1 Å². The van der Waals surface area contributed by atoms with Crippen LogP contribution < -0.4 is 9.62 Å². The minimum atomic E-state index is -4.11. The second-order valence-electron chi connectivity index (χ2n) is 9.26.